The van der Waals surface area contributed by atoms with Gasteiger partial charge in [-0.1, -0.05) is 0 Å². The van der Waals surface area contributed by atoms with Crippen LogP contribution < -0.4 is 10.5 Å². The number of aromatic nitrogens is 2. The molecule has 1 aliphatic rings. The van der Waals surface area contributed by atoms with E-state index in [1.807, 2.05) is 20.8 Å². The van der Waals surface area contributed by atoms with Crippen molar-refractivity contribution in [1.29, 1.82) is 0 Å². The lowest BCUT2D eigenvalue weighted by atomic mass is 10.1. The van der Waals surface area contributed by atoms with Crippen molar-refractivity contribution in [3.63, 3.8) is 0 Å². The van der Waals surface area contributed by atoms with Crippen LogP contribution in [0.4, 0.5) is 10.6 Å². The number of anilines is 1. The molecule has 1 aromatic rings. The van der Waals surface area contributed by atoms with E-state index in [0.29, 0.717) is 31.8 Å². The average molecular weight is 329 g/mol. The van der Waals surface area contributed by atoms with Crippen LogP contribution in [0, 0.1) is 0 Å². The Morgan fingerprint density at radius 2 is 2.00 bits per heavy atom. The number of hydrogen-bond donors (Lipinski definition) is 1. The number of amides is 1. The summed E-state index contributed by atoms with van der Waals surface area (Å²) in [6.45, 7) is 6.71. The molecule has 1 fully saturated rings. The summed E-state index contributed by atoms with van der Waals surface area (Å²) >= 11 is 5.74. The summed E-state index contributed by atoms with van der Waals surface area (Å²) in [5, 5.41) is 0.0567. The van der Waals surface area contributed by atoms with Gasteiger partial charge in [-0.15, -0.1) is 0 Å². The Bertz CT molecular complexity index is 519. The first-order valence-corrected chi connectivity index (χ1v) is 7.55. The largest absolute Gasteiger partial charge is 0.474 e. The molecule has 2 rings (SSSR count). The molecule has 0 unspecified atom stereocenters. The summed E-state index contributed by atoms with van der Waals surface area (Å²) < 4.78 is 11.1. The van der Waals surface area contributed by atoms with Gasteiger partial charge in [0.1, 0.15) is 17.5 Å². The number of carbonyl (C=O) groups excluding carboxylic acids is 1. The van der Waals surface area contributed by atoms with Gasteiger partial charge in [0, 0.05) is 32.0 Å². The first-order valence-electron chi connectivity index (χ1n) is 7.17. The second-order valence-electron chi connectivity index (χ2n) is 6.18. The number of rotatable bonds is 2. The van der Waals surface area contributed by atoms with E-state index in [9.17, 15) is 4.79 Å². The van der Waals surface area contributed by atoms with E-state index in [1.165, 1.54) is 6.07 Å². The summed E-state index contributed by atoms with van der Waals surface area (Å²) in [5.74, 6) is 0.620. The fourth-order valence-corrected chi connectivity index (χ4v) is 2.31. The molecule has 0 saturated carbocycles. The monoisotopic (exact) mass is 328 g/mol. The lowest BCUT2D eigenvalue weighted by Crippen LogP contribution is -2.44. The average Bonchev–Trinajstić information content (AvgIpc) is 2.36. The number of nitrogens with zero attached hydrogens (tertiary/aromatic N) is 3. The Balaban J connectivity index is 1.86. The molecule has 2 heterocycles. The van der Waals surface area contributed by atoms with Crippen molar-refractivity contribution in [2.45, 2.75) is 45.3 Å². The van der Waals surface area contributed by atoms with Crippen LogP contribution in [0.2, 0.25) is 5.28 Å². The zero-order chi connectivity index (χ0) is 16.3. The third-order valence-corrected chi connectivity index (χ3v) is 3.25. The predicted octanol–water partition coefficient (Wildman–Crippen LogP) is 2.49. The standard InChI is InChI=1S/C14H21ClN4O3/c1-14(2,3)22-13(20)19-6-4-9(5-7-19)21-11-8-10(16)17-12(15)18-11/h8-9H,4-7H2,1-3H3,(H2,16,17,18). The fourth-order valence-electron chi connectivity index (χ4n) is 2.13. The molecular weight excluding hydrogens is 308 g/mol. The smallest absolute Gasteiger partial charge is 0.410 e. The minimum absolute atomic E-state index is 0.0379. The maximum Gasteiger partial charge on any atom is 0.410 e. The van der Waals surface area contributed by atoms with Gasteiger partial charge in [0.2, 0.25) is 11.2 Å². The van der Waals surface area contributed by atoms with Crippen LogP contribution in [0.3, 0.4) is 0 Å². The van der Waals surface area contributed by atoms with Crippen molar-refractivity contribution >= 4 is 23.5 Å². The van der Waals surface area contributed by atoms with Crippen molar-refractivity contribution in [2.75, 3.05) is 18.8 Å². The quantitative estimate of drug-likeness (QED) is 0.839. The van der Waals surface area contributed by atoms with Gasteiger partial charge < -0.3 is 20.1 Å². The zero-order valence-corrected chi connectivity index (χ0v) is 13.8. The van der Waals surface area contributed by atoms with E-state index in [2.05, 4.69) is 9.97 Å². The molecular formula is C14H21ClN4O3. The highest BCUT2D eigenvalue weighted by molar-refractivity contribution is 6.28. The number of ether oxygens (including phenoxy) is 2. The van der Waals surface area contributed by atoms with Gasteiger partial charge in [0.25, 0.3) is 0 Å². The van der Waals surface area contributed by atoms with Crippen molar-refractivity contribution in [3.05, 3.63) is 11.3 Å². The molecule has 1 saturated heterocycles. The van der Waals surface area contributed by atoms with E-state index >= 15 is 0 Å². The maximum atomic E-state index is 12.0. The summed E-state index contributed by atoms with van der Waals surface area (Å²) in [7, 11) is 0. The first kappa shape index (κ1) is 16.6. The number of hydrogen-bond acceptors (Lipinski definition) is 6. The first-order chi connectivity index (χ1) is 10.2. The number of piperidine rings is 1. The molecule has 1 aromatic heterocycles. The normalized spacial score (nSPS) is 16.5. The molecule has 8 heteroatoms. The Hall–Kier alpha value is -1.76. The van der Waals surface area contributed by atoms with Crippen LogP contribution in [0.1, 0.15) is 33.6 Å². The molecule has 0 radical (unpaired) electrons. The van der Waals surface area contributed by atoms with Gasteiger partial charge in [-0.05, 0) is 32.4 Å². The molecule has 22 heavy (non-hydrogen) atoms. The Morgan fingerprint density at radius 3 is 2.55 bits per heavy atom. The molecule has 1 aliphatic heterocycles. The number of nitrogens with two attached hydrogens (primary N) is 1. The fraction of sp³-hybridized carbons (Fsp3) is 0.643. The molecule has 7 nitrogen and oxygen atoms in total. The Morgan fingerprint density at radius 1 is 1.36 bits per heavy atom. The molecule has 0 bridgehead atoms. The number of nitrogen functional groups attached to an aromatic ring is 1. The van der Waals surface area contributed by atoms with Crippen LogP contribution >= 0.6 is 11.6 Å². The number of likely N-dealkylation sites (tertiary alicyclic amines) is 1. The van der Waals surface area contributed by atoms with Gasteiger partial charge in [-0.3, -0.25) is 0 Å². The molecule has 0 aromatic carbocycles. The number of halogens is 1. The summed E-state index contributed by atoms with van der Waals surface area (Å²) in [6.07, 6.45) is 1.06. The molecule has 0 spiro atoms. The maximum absolute atomic E-state index is 12.0. The number of carbonyl (C=O) groups is 1. The van der Waals surface area contributed by atoms with E-state index in [1.54, 1.807) is 4.90 Å². The van der Waals surface area contributed by atoms with Crippen molar-refractivity contribution < 1.29 is 14.3 Å². The zero-order valence-electron chi connectivity index (χ0n) is 13.0. The lowest BCUT2D eigenvalue weighted by Gasteiger charge is -2.33. The second kappa shape index (κ2) is 6.56. The van der Waals surface area contributed by atoms with E-state index < -0.39 is 5.60 Å². The lowest BCUT2D eigenvalue weighted by molar-refractivity contribution is 0.0123. The molecule has 0 aliphatic carbocycles. The van der Waals surface area contributed by atoms with Crippen LogP contribution in [-0.2, 0) is 4.74 Å². The minimum atomic E-state index is -0.486. The van der Waals surface area contributed by atoms with Gasteiger partial charge in [0.15, 0.2) is 0 Å². The van der Waals surface area contributed by atoms with Crippen LogP contribution in [-0.4, -0.2) is 45.8 Å². The Kier molecular flexibility index (Phi) is 4.95. The molecule has 0 atom stereocenters. The third-order valence-electron chi connectivity index (χ3n) is 3.08. The highest BCUT2D eigenvalue weighted by Crippen LogP contribution is 2.21. The van der Waals surface area contributed by atoms with Crippen LogP contribution in [0.15, 0.2) is 6.07 Å². The van der Waals surface area contributed by atoms with Crippen molar-refractivity contribution in [1.82, 2.24) is 14.9 Å². The second-order valence-corrected chi connectivity index (χ2v) is 6.52. The summed E-state index contributed by atoms with van der Waals surface area (Å²) in [4.78, 5) is 21.4. The van der Waals surface area contributed by atoms with E-state index in [0.717, 1.165) is 0 Å². The highest BCUT2D eigenvalue weighted by atomic mass is 35.5. The molecule has 1 amide bonds. The molecule has 122 valence electrons. The van der Waals surface area contributed by atoms with Gasteiger partial charge in [-0.25, -0.2) is 9.78 Å². The molecule has 2 N–H and O–H groups in total. The van der Waals surface area contributed by atoms with Gasteiger partial charge in [0.05, 0.1) is 0 Å². The van der Waals surface area contributed by atoms with E-state index in [4.69, 9.17) is 26.8 Å². The van der Waals surface area contributed by atoms with Crippen LogP contribution in [0.25, 0.3) is 0 Å². The van der Waals surface area contributed by atoms with Crippen molar-refractivity contribution in [3.8, 4) is 5.88 Å². The third kappa shape index (κ3) is 4.91. The Labute approximate surface area is 134 Å². The van der Waals surface area contributed by atoms with Crippen molar-refractivity contribution in [2.24, 2.45) is 0 Å². The SMILES string of the molecule is CC(C)(C)OC(=O)N1CCC(Oc2cc(N)nc(Cl)n2)CC1. The minimum Gasteiger partial charge on any atom is -0.474 e. The van der Waals surface area contributed by atoms with Gasteiger partial charge in [-0.2, -0.15) is 4.98 Å². The van der Waals surface area contributed by atoms with E-state index in [-0.39, 0.29) is 23.3 Å². The summed E-state index contributed by atoms with van der Waals surface area (Å²) in [5.41, 5.74) is 5.11. The topological polar surface area (TPSA) is 90.6 Å². The highest BCUT2D eigenvalue weighted by Gasteiger charge is 2.27. The van der Waals surface area contributed by atoms with Gasteiger partial charge >= 0.3 is 6.09 Å². The predicted molar refractivity (Wildman–Crippen MR) is 82.9 cm³/mol. The summed E-state index contributed by atoms with van der Waals surface area (Å²) in [6, 6.07) is 1.53. The van der Waals surface area contributed by atoms with Crippen LogP contribution in [0.5, 0.6) is 5.88 Å².